The predicted molar refractivity (Wildman–Crippen MR) is 108 cm³/mol. The van der Waals surface area contributed by atoms with Gasteiger partial charge < -0.3 is 10.6 Å². The van der Waals surface area contributed by atoms with Crippen LogP contribution < -0.4 is 10.6 Å². The van der Waals surface area contributed by atoms with Crippen molar-refractivity contribution < 1.29 is 9.59 Å². The molecule has 0 saturated carbocycles. The maximum Gasteiger partial charge on any atom is 0.244 e. The number of hydrogen-bond donors (Lipinski definition) is 2. The van der Waals surface area contributed by atoms with Crippen LogP contribution in [0.3, 0.4) is 0 Å². The van der Waals surface area contributed by atoms with Gasteiger partial charge in [-0.2, -0.15) is 5.10 Å². The Kier molecular flexibility index (Phi) is 6.73. The van der Waals surface area contributed by atoms with E-state index in [1.54, 1.807) is 12.3 Å². The fraction of sp³-hybridized carbons (Fsp3) is 0.136. The number of carbonyl (C=O) groups is 2. The number of nitrogens with one attached hydrogen (secondary N) is 2. The van der Waals surface area contributed by atoms with Crippen LogP contribution in [-0.4, -0.2) is 28.1 Å². The zero-order valence-electron chi connectivity index (χ0n) is 15.4. The van der Waals surface area contributed by atoms with Crippen molar-refractivity contribution in [2.24, 2.45) is 0 Å². The molecule has 2 N–H and O–H groups in total. The Labute approximate surface area is 163 Å². The summed E-state index contributed by atoms with van der Waals surface area (Å²) in [6.07, 6.45) is 6.77. The first-order valence-corrected chi connectivity index (χ1v) is 9.02. The van der Waals surface area contributed by atoms with E-state index in [4.69, 9.17) is 0 Å². The van der Waals surface area contributed by atoms with Crippen molar-refractivity contribution in [2.45, 2.75) is 13.1 Å². The van der Waals surface area contributed by atoms with Crippen LogP contribution in [0.5, 0.6) is 0 Å². The highest BCUT2D eigenvalue weighted by molar-refractivity contribution is 5.94. The molecule has 6 nitrogen and oxygen atoms in total. The average molecular weight is 374 g/mol. The molecular formula is C22H22N4O2. The summed E-state index contributed by atoms with van der Waals surface area (Å²) in [4.78, 5) is 23.8. The molecule has 0 aliphatic rings. The Morgan fingerprint density at radius 2 is 1.79 bits per heavy atom. The van der Waals surface area contributed by atoms with Crippen molar-refractivity contribution in [1.82, 2.24) is 20.4 Å². The standard InChI is InChI=1S/C22H22N4O2/c27-21(11-10-18-6-2-1-3-7-18)24-16-22(28)23-15-19-8-4-9-20(14-19)17-26-13-5-12-25-26/h1-14H,15-17H2,(H,23,28)(H,24,27)/b11-10+. The topological polar surface area (TPSA) is 76.0 Å². The van der Waals surface area contributed by atoms with Crippen LogP contribution in [0.4, 0.5) is 0 Å². The average Bonchev–Trinajstić information content (AvgIpc) is 3.23. The lowest BCUT2D eigenvalue weighted by Crippen LogP contribution is -2.35. The van der Waals surface area contributed by atoms with E-state index in [2.05, 4.69) is 15.7 Å². The smallest absolute Gasteiger partial charge is 0.244 e. The normalized spacial score (nSPS) is 10.7. The van der Waals surface area contributed by atoms with Gasteiger partial charge in [0.1, 0.15) is 0 Å². The van der Waals surface area contributed by atoms with Gasteiger partial charge in [-0.25, -0.2) is 0 Å². The highest BCUT2D eigenvalue weighted by Crippen LogP contribution is 2.07. The van der Waals surface area contributed by atoms with E-state index >= 15 is 0 Å². The fourth-order valence-electron chi connectivity index (χ4n) is 2.64. The van der Waals surface area contributed by atoms with E-state index < -0.39 is 0 Å². The molecule has 2 amide bonds. The monoisotopic (exact) mass is 374 g/mol. The van der Waals surface area contributed by atoms with Crippen molar-refractivity contribution in [3.8, 4) is 0 Å². The van der Waals surface area contributed by atoms with Crippen LogP contribution in [0.15, 0.2) is 79.1 Å². The van der Waals surface area contributed by atoms with Gasteiger partial charge in [0.25, 0.3) is 0 Å². The first-order chi connectivity index (χ1) is 13.7. The molecule has 0 unspecified atom stereocenters. The Balaban J connectivity index is 1.41. The third kappa shape index (κ3) is 6.25. The number of carbonyl (C=O) groups excluding carboxylic acids is 2. The van der Waals surface area contributed by atoms with Gasteiger partial charge in [-0.1, -0.05) is 54.6 Å². The van der Waals surface area contributed by atoms with Crippen LogP contribution in [0.2, 0.25) is 0 Å². The second-order valence-electron chi connectivity index (χ2n) is 6.26. The molecule has 0 aliphatic heterocycles. The number of amides is 2. The molecule has 2 aromatic carbocycles. The van der Waals surface area contributed by atoms with Gasteiger partial charge in [0.05, 0.1) is 13.1 Å². The molecule has 6 heteroatoms. The van der Waals surface area contributed by atoms with Gasteiger partial charge in [-0.05, 0) is 28.8 Å². The van der Waals surface area contributed by atoms with Gasteiger partial charge >= 0.3 is 0 Å². The molecule has 0 atom stereocenters. The van der Waals surface area contributed by atoms with Gasteiger partial charge in [-0.3, -0.25) is 14.3 Å². The number of nitrogens with zero attached hydrogens (tertiary/aromatic N) is 2. The summed E-state index contributed by atoms with van der Waals surface area (Å²) in [6, 6.07) is 19.3. The predicted octanol–water partition coefficient (Wildman–Crippen LogP) is 2.38. The summed E-state index contributed by atoms with van der Waals surface area (Å²) in [5.74, 6) is -0.542. The second kappa shape index (κ2) is 9.87. The van der Waals surface area contributed by atoms with E-state index in [1.807, 2.05) is 71.5 Å². The molecule has 0 fully saturated rings. The van der Waals surface area contributed by atoms with Gasteiger partial charge in [0.2, 0.25) is 11.8 Å². The molecular weight excluding hydrogens is 352 g/mol. The van der Waals surface area contributed by atoms with Gasteiger partial charge in [0.15, 0.2) is 0 Å². The maximum absolute atomic E-state index is 12.0. The SMILES string of the molecule is O=C(/C=C/c1ccccc1)NCC(=O)NCc1cccc(Cn2cccn2)c1. The molecule has 3 aromatic rings. The second-order valence-corrected chi connectivity index (χ2v) is 6.26. The molecule has 0 aliphatic carbocycles. The summed E-state index contributed by atoms with van der Waals surface area (Å²) < 4.78 is 1.84. The van der Waals surface area contributed by atoms with E-state index in [1.165, 1.54) is 6.08 Å². The summed E-state index contributed by atoms with van der Waals surface area (Å²) in [6.45, 7) is 1.02. The zero-order valence-corrected chi connectivity index (χ0v) is 15.4. The highest BCUT2D eigenvalue weighted by Gasteiger charge is 2.04. The summed E-state index contributed by atoms with van der Waals surface area (Å²) >= 11 is 0. The highest BCUT2D eigenvalue weighted by atomic mass is 16.2. The van der Waals surface area contributed by atoms with Crippen LogP contribution in [-0.2, 0) is 22.7 Å². The van der Waals surface area contributed by atoms with Crippen LogP contribution in [0.25, 0.3) is 6.08 Å². The Hall–Kier alpha value is -3.67. The molecule has 0 spiro atoms. The van der Waals surface area contributed by atoms with E-state index in [0.717, 1.165) is 16.7 Å². The van der Waals surface area contributed by atoms with E-state index in [0.29, 0.717) is 13.1 Å². The van der Waals surface area contributed by atoms with Crippen molar-refractivity contribution in [2.75, 3.05) is 6.54 Å². The number of aromatic nitrogens is 2. The molecule has 0 radical (unpaired) electrons. The molecule has 142 valence electrons. The van der Waals surface area contributed by atoms with E-state index in [9.17, 15) is 9.59 Å². The quantitative estimate of drug-likeness (QED) is 0.595. The van der Waals surface area contributed by atoms with Crippen molar-refractivity contribution in [3.05, 3.63) is 95.8 Å². The number of hydrogen-bond acceptors (Lipinski definition) is 3. The Morgan fingerprint density at radius 1 is 0.964 bits per heavy atom. The Morgan fingerprint density at radius 3 is 2.57 bits per heavy atom. The summed E-state index contributed by atoms with van der Waals surface area (Å²) in [5, 5.41) is 9.59. The van der Waals surface area contributed by atoms with Crippen LogP contribution in [0.1, 0.15) is 16.7 Å². The first-order valence-electron chi connectivity index (χ1n) is 9.02. The third-order valence-electron chi connectivity index (χ3n) is 4.03. The first kappa shape index (κ1) is 19.1. The van der Waals surface area contributed by atoms with Crippen LogP contribution >= 0.6 is 0 Å². The molecule has 1 heterocycles. The minimum Gasteiger partial charge on any atom is -0.350 e. The lowest BCUT2D eigenvalue weighted by atomic mass is 10.1. The molecule has 0 bridgehead atoms. The Bertz CT molecular complexity index is 934. The largest absolute Gasteiger partial charge is 0.350 e. The minimum atomic E-state index is -0.305. The van der Waals surface area contributed by atoms with E-state index in [-0.39, 0.29) is 18.4 Å². The van der Waals surface area contributed by atoms with Gasteiger partial charge in [-0.15, -0.1) is 0 Å². The molecule has 1 aromatic heterocycles. The molecule has 0 saturated heterocycles. The fourth-order valence-corrected chi connectivity index (χ4v) is 2.64. The summed E-state index contributed by atoms with van der Waals surface area (Å²) in [7, 11) is 0. The molecule has 28 heavy (non-hydrogen) atoms. The zero-order chi connectivity index (χ0) is 19.6. The van der Waals surface area contributed by atoms with Crippen molar-refractivity contribution in [1.29, 1.82) is 0 Å². The molecule has 3 rings (SSSR count). The van der Waals surface area contributed by atoms with Crippen molar-refractivity contribution >= 4 is 17.9 Å². The number of benzene rings is 2. The van der Waals surface area contributed by atoms with Crippen molar-refractivity contribution in [3.63, 3.8) is 0 Å². The minimum absolute atomic E-state index is 0.0645. The third-order valence-corrected chi connectivity index (χ3v) is 4.03. The lowest BCUT2D eigenvalue weighted by Gasteiger charge is -2.08. The van der Waals surface area contributed by atoms with Gasteiger partial charge in [0, 0.05) is 25.0 Å². The summed E-state index contributed by atoms with van der Waals surface area (Å²) in [5.41, 5.74) is 3.03. The number of rotatable bonds is 8. The lowest BCUT2D eigenvalue weighted by molar-refractivity contribution is -0.124. The van der Waals surface area contributed by atoms with Crippen LogP contribution in [0, 0.1) is 0 Å². The maximum atomic E-state index is 12.0.